The first-order valence-corrected chi connectivity index (χ1v) is 6.50. The molecule has 1 aliphatic rings. The van der Waals surface area contributed by atoms with Crippen molar-refractivity contribution in [3.63, 3.8) is 0 Å². The van der Waals surface area contributed by atoms with E-state index < -0.39 is 0 Å². The molecule has 0 spiro atoms. The molecule has 1 fully saturated rings. The first-order chi connectivity index (χ1) is 7.71. The van der Waals surface area contributed by atoms with E-state index in [2.05, 4.69) is 37.3 Å². The maximum atomic E-state index is 6.36. The molecule has 0 heterocycles. The third-order valence-corrected chi connectivity index (χ3v) is 4.23. The average Bonchev–Trinajstić information content (AvgIpc) is 2.76. The SMILES string of the molecule is CC1(C(N)CCc2ccccc2)CCCC1. The Bertz CT molecular complexity index is 311. The van der Waals surface area contributed by atoms with Crippen LogP contribution >= 0.6 is 0 Å². The van der Waals surface area contributed by atoms with Crippen LogP contribution in [0.4, 0.5) is 0 Å². The quantitative estimate of drug-likeness (QED) is 0.820. The smallest absolute Gasteiger partial charge is 0.00960 e. The average molecular weight is 217 g/mol. The van der Waals surface area contributed by atoms with Gasteiger partial charge in [-0.3, -0.25) is 0 Å². The fourth-order valence-electron chi connectivity index (χ4n) is 2.87. The molecule has 1 heteroatoms. The van der Waals surface area contributed by atoms with Crippen molar-refractivity contribution in [2.75, 3.05) is 0 Å². The van der Waals surface area contributed by atoms with E-state index in [1.54, 1.807) is 0 Å². The van der Waals surface area contributed by atoms with E-state index in [0.29, 0.717) is 11.5 Å². The maximum Gasteiger partial charge on any atom is 0.00960 e. The van der Waals surface area contributed by atoms with Crippen molar-refractivity contribution in [3.05, 3.63) is 35.9 Å². The molecule has 2 N–H and O–H groups in total. The van der Waals surface area contributed by atoms with Crippen LogP contribution in [0.2, 0.25) is 0 Å². The molecule has 1 saturated carbocycles. The van der Waals surface area contributed by atoms with E-state index >= 15 is 0 Å². The lowest BCUT2D eigenvalue weighted by Gasteiger charge is -2.31. The molecule has 1 aliphatic carbocycles. The Morgan fingerprint density at radius 3 is 2.44 bits per heavy atom. The minimum Gasteiger partial charge on any atom is -0.327 e. The summed E-state index contributed by atoms with van der Waals surface area (Å²) in [6.45, 7) is 2.37. The first kappa shape index (κ1) is 11.7. The standard InChI is InChI=1S/C15H23N/c1-15(11-5-6-12-15)14(16)10-9-13-7-3-2-4-8-13/h2-4,7-8,14H,5-6,9-12,16H2,1H3. The van der Waals surface area contributed by atoms with Crippen molar-refractivity contribution < 1.29 is 0 Å². The van der Waals surface area contributed by atoms with E-state index in [0.717, 1.165) is 12.8 Å². The minimum absolute atomic E-state index is 0.371. The second-order valence-electron chi connectivity index (χ2n) is 5.49. The zero-order chi connectivity index (χ0) is 11.4. The van der Waals surface area contributed by atoms with Crippen molar-refractivity contribution >= 4 is 0 Å². The van der Waals surface area contributed by atoms with E-state index in [-0.39, 0.29) is 0 Å². The fourth-order valence-corrected chi connectivity index (χ4v) is 2.87. The summed E-state index contributed by atoms with van der Waals surface area (Å²) < 4.78 is 0. The van der Waals surface area contributed by atoms with Crippen LogP contribution < -0.4 is 5.73 Å². The van der Waals surface area contributed by atoms with E-state index in [1.165, 1.54) is 31.2 Å². The second-order valence-corrected chi connectivity index (χ2v) is 5.49. The number of hydrogen-bond acceptors (Lipinski definition) is 1. The van der Waals surface area contributed by atoms with Crippen LogP contribution in [0.5, 0.6) is 0 Å². The molecule has 0 saturated heterocycles. The fraction of sp³-hybridized carbons (Fsp3) is 0.600. The summed E-state index contributed by atoms with van der Waals surface area (Å²) >= 11 is 0. The van der Waals surface area contributed by atoms with Crippen LogP contribution in [-0.2, 0) is 6.42 Å². The molecule has 0 radical (unpaired) electrons. The van der Waals surface area contributed by atoms with Crippen molar-refractivity contribution in [3.8, 4) is 0 Å². The Morgan fingerprint density at radius 2 is 1.81 bits per heavy atom. The van der Waals surface area contributed by atoms with Gasteiger partial charge in [0.15, 0.2) is 0 Å². The van der Waals surface area contributed by atoms with Crippen LogP contribution in [-0.4, -0.2) is 6.04 Å². The van der Waals surface area contributed by atoms with Crippen LogP contribution in [0.1, 0.15) is 44.6 Å². The molecule has 0 aliphatic heterocycles. The Hall–Kier alpha value is -0.820. The zero-order valence-corrected chi connectivity index (χ0v) is 10.3. The predicted octanol–water partition coefficient (Wildman–Crippen LogP) is 3.53. The Balaban J connectivity index is 1.86. The summed E-state index contributed by atoms with van der Waals surface area (Å²) in [6.07, 6.45) is 7.63. The van der Waals surface area contributed by atoms with Gasteiger partial charge in [0.1, 0.15) is 0 Å². The summed E-state index contributed by atoms with van der Waals surface area (Å²) in [7, 11) is 0. The van der Waals surface area contributed by atoms with Crippen LogP contribution in [0, 0.1) is 5.41 Å². The van der Waals surface area contributed by atoms with Crippen molar-refractivity contribution in [2.24, 2.45) is 11.1 Å². The molecule has 1 aromatic rings. The van der Waals surface area contributed by atoms with Gasteiger partial charge in [0.2, 0.25) is 0 Å². The molecule has 1 nitrogen and oxygen atoms in total. The summed E-state index contributed by atoms with van der Waals surface area (Å²) in [5.41, 5.74) is 8.19. The maximum absolute atomic E-state index is 6.36. The number of hydrogen-bond donors (Lipinski definition) is 1. The number of rotatable bonds is 4. The topological polar surface area (TPSA) is 26.0 Å². The lowest BCUT2D eigenvalue weighted by molar-refractivity contribution is 0.251. The molecule has 1 unspecified atom stereocenters. The van der Waals surface area contributed by atoms with Gasteiger partial charge in [-0.2, -0.15) is 0 Å². The summed E-state index contributed by atoms with van der Waals surface area (Å²) in [4.78, 5) is 0. The van der Waals surface area contributed by atoms with Gasteiger partial charge in [0.05, 0.1) is 0 Å². The van der Waals surface area contributed by atoms with Crippen LogP contribution in [0.25, 0.3) is 0 Å². The highest BCUT2D eigenvalue weighted by atomic mass is 14.7. The molecule has 16 heavy (non-hydrogen) atoms. The molecule has 2 rings (SSSR count). The summed E-state index contributed by atoms with van der Waals surface area (Å²) in [5.74, 6) is 0. The lowest BCUT2D eigenvalue weighted by Crippen LogP contribution is -2.37. The molecular weight excluding hydrogens is 194 g/mol. The Morgan fingerprint density at radius 1 is 1.19 bits per heavy atom. The molecule has 0 bridgehead atoms. The molecule has 1 aromatic carbocycles. The molecule has 1 atom stereocenters. The van der Waals surface area contributed by atoms with Gasteiger partial charge in [0.25, 0.3) is 0 Å². The van der Waals surface area contributed by atoms with E-state index in [1.807, 2.05) is 0 Å². The van der Waals surface area contributed by atoms with Crippen molar-refractivity contribution in [1.82, 2.24) is 0 Å². The third-order valence-electron chi connectivity index (χ3n) is 4.23. The van der Waals surface area contributed by atoms with Gasteiger partial charge in [-0.25, -0.2) is 0 Å². The van der Waals surface area contributed by atoms with Crippen molar-refractivity contribution in [1.29, 1.82) is 0 Å². The molecule has 0 aromatic heterocycles. The Kier molecular flexibility index (Phi) is 3.65. The summed E-state index contributed by atoms with van der Waals surface area (Å²) in [6, 6.07) is 11.1. The normalized spacial score (nSPS) is 20.9. The first-order valence-electron chi connectivity index (χ1n) is 6.50. The highest BCUT2D eigenvalue weighted by molar-refractivity contribution is 5.15. The monoisotopic (exact) mass is 217 g/mol. The number of aryl methyl sites for hydroxylation is 1. The second kappa shape index (κ2) is 5.01. The van der Waals surface area contributed by atoms with Crippen LogP contribution in [0.3, 0.4) is 0 Å². The van der Waals surface area contributed by atoms with Gasteiger partial charge in [0, 0.05) is 6.04 Å². The largest absolute Gasteiger partial charge is 0.327 e. The lowest BCUT2D eigenvalue weighted by atomic mass is 9.78. The molecular formula is C15H23N. The molecule has 0 amide bonds. The summed E-state index contributed by atoms with van der Waals surface area (Å²) in [5, 5.41) is 0. The third kappa shape index (κ3) is 2.65. The van der Waals surface area contributed by atoms with Crippen LogP contribution in [0.15, 0.2) is 30.3 Å². The highest BCUT2D eigenvalue weighted by Gasteiger charge is 2.34. The highest BCUT2D eigenvalue weighted by Crippen LogP contribution is 2.40. The van der Waals surface area contributed by atoms with E-state index in [4.69, 9.17) is 5.73 Å². The Labute approximate surface area is 99.0 Å². The van der Waals surface area contributed by atoms with Crippen molar-refractivity contribution in [2.45, 2.75) is 51.5 Å². The number of benzene rings is 1. The molecule has 88 valence electrons. The van der Waals surface area contributed by atoms with Gasteiger partial charge in [-0.05, 0) is 36.7 Å². The van der Waals surface area contributed by atoms with Gasteiger partial charge >= 0.3 is 0 Å². The zero-order valence-electron chi connectivity index (χ0n) is 10.3. The number of nitrogens with two attached hydrogens (primary N) is 1. The predicted molar refractivity (Wildman–Crippen MR) is 69.3 cm³/mol. The van der Waals surface area contributed by atoms with Gasteiger partial charge in [-0.1, -0.05) is 50.1 Å². The van der Waals surface area contributed by atoms with Gasteiger partial charge < -0.3 is 5.73 Å². The van der Waals surface area contributed by atoms with Gasteiger partial charge in [-0.15, -0.1) is 0 Å². The van der Waals surface area contributed by atoms with E-state index in [9.17, 15) is 0 Å². The minimum atomic E-state index is 0.371.